The number of carbonyl (C=O) groups excluding carboxylic acids is 1. The number of esters is 1. The van der Waals surface area contributed by atoms with Crippen LogP contribution in [0, 0.1) is 0 Å². The van der Waals surface area contributed by atoms with E-state index in [9.17, 15) is 4.79 Å². The largest absolute Gasteiger partial charge is 0.460 e. The first-order valence-electron chi connectivity index (χ1n) is 8.51. The van der Waals surface area contributed by atoms with Gasteiger partial charge in [-0.05, 0) is 13.3 Å². The summed E-state index contributed by atoms with van der Waals surface area (Å²) >= 11 is 0. The number of carbonyl (C=O) groups is 1. The fraction of sp³-hybridized carbons (Fsp3) is 0.941. The van der Waals surface area contributed by atoms with Crippen molar-refractivity contribution in [2.24, 2.45) is 0 Å². The van der Waals surface area contributed by atoms with E-state index < -0.39 is 0 Å². The zero-order valence-corrected chi connectivity index (χ0v) is 13.5. The van der Waals surface area contributed by atoms with Gasteiger partial charge in [0.25, 0.3) is 0 Å². The molecule has 3 nitrogen and oxygen atoms in total. The van der Waals surface area contributed by atoms with Crippen LogP contribution >= 0.6 is 0 Å². The van der Waals surface area contributed by atoms with Crippen LogP contribution in [0.4, 0.5) is 0 Å². The molecule has 0 saturated carbocycles. The molecule has 0 heterocycles. The first kappa shape index (κ1) is 19.4. The normalized spacial score (nSPS) is 12.3. The summed E-state index contributed by atoms with van der Waals surface area (Å²) in [4.78, 5) is 11.3. The van der Waals surface area contributed by atoms with E-state index in [1.54, 1.807) is 6.92 Å². The SMILES string of the molecule is CCCCCCCCCCCCCC(=O)O[C@@H](C)CO. The van der Waals surface area contributed by atoms with Crippen molar-refractivity contribution in [3.63, 3.8) is 0 Å². The van der Waals surface area contributed by atoms with Crippen molar-refractivity contribution in [2.45, 2.75) is 97.0 Å². The molecular formula is C17H34O3. The molecule has 0 aromatic rings. The van der Waals surface area contributed by atoms with Crippen molar-refractivity contribution < 1.29 is 14.6 Å². The van der Waals surface area contributed by atoms with Crippen LogP contribution in [0.15, 0.2) is 0 Å². The maximum absolute atomic E-state index is 11.3. The Morgan fingerprint density at radius 3 is 1.80 bits per heavy atom. The van der Waals surface area contributed by atoms with E-state index in [2.05, 4.69) is 6.92 Å². The summed E-state index contributed by atoms with van der Waals surface area (Å²) in [5, 5.41) is 8.77. The summed E-state index contributed by atoms with van der Waals surface area (Å²) in [5.74, 6) is -0.178. The molecule has 0 aromatic heterocycles. The van der Waals surface area contributed by atoms with Gasteiger partial charge in [-0.1, -0.05) is 71.1 Å². The van der Waals surface area contributed by atoms with E-state index in [1.165, 1.54) is 57.8 Å². The lowest BCUT2D eigenvalue weighted by Gasteiger charge is -2.09. The molecule has 0 bridgehead atoms. The van der Waals surface area contributed by atoms with Gasteiger partial charge in [-0.15, -0.1) is 0 Å². The van der Waals surface area contributed by atoms with Gasteiger partial charge < -0.3 is 9.84 Å². The molecule has 0 radical (unpaired) electrons. The monoisotopic (exact) mass is 286 g/mol. The van der Waals surface area contributed by atoms with Gasteiger partial charge in [0.2, 0.25) is 0 Å². The van der Waals surface area contributed by atoms with E-state index in [-0.39, 0.29) is 18.7 Å². The van der Waals surface area contributed by atoms with Gasteiger partial charge in [-0.3, -0.25) is 4.79 Å². The van der Waals surface area contributed by atoms with Crippen molar-refractivity contribution in [1.82, 2.24) is 0 Å². The molecule has 1 N–H and O–H groups in total. The third kappa shape index (κ3) is 13.9. The fourth-order valence-electron chi connectivity index (χ4n) is 2.25. The summed E-state index contributed by atoms with van der Waals surface area (Å²) < 4.78 is 5.00. The number of rotatable bonds is 14. The van der Waals surface area contributed by atoms with E-state index in [4.69, 9.17) is 9.84 Å². The van der Waals surface area contributed by atoms with Gasteiger partial charge in [0.05, 0.1) is 6.61 Å². The standard InChI is InChI=1S/C17H34O3/c1-3-4-5-6-7-8-9-10-11-12-13-14-17(19)20-16(2)15-18/h16,18H,3-15H2,1-2H3/t16-/m0/s1. The molecule has 0 aromatic carbocycles. The van der Waals surface area contributed by atoms with E-state index in [1.807, 2.05) is 0 Å². The fourth-order valence-corrected chi connectivity index (χ4v) is 2.25. The first-order chi connectivity index (χ1) is 9.70. The molecular weight excluding hydrogens is 252 g/mol. The molecule has 0 amide bonds. The van der Waals surface area contributed by atoms with E-state index >= 15 is 0 Å². The molecule has 0 fully saturated rings. The Morgan fingerprint density at radius 2 is 1.35 bits per heavy atom. The quantitative estimate of drug-likeness (QED) is 0.374. The minimum absolute atomic E-state index is 0.0933. The molecule has 20 heavy (non-hydrogen) atoms. The van der Waals surface area contributed by atoms with Crippen molar-refractivity contribution in [2.75, 3.05) is 6.61 Å². The lowest BCUT2D eigenvalue weighted by molar-refractivity contribution is -0.150. The van der Waals surface area contributed by atoms with Crippen molar-refractivity contribution in [3.8, 4) is 0 Å². The van der Waals surface area contributed by atoms with Gasteiger partial charge >= 0.3 is 5.97 Å². The average molecular weight is 286 g/mol. The second-order valence-electron chi connectivity index (χ2n) is 5.77. The first-order valence-corrected chi connectivity index (χ1v) is 8.51. The Balaban J connectivity index is 3.14. The Labute approximate surface area is 125 Å². The van der Waals surface area contributed by atoms with Gasteiger partial charge in [-0.25, -0.2) is 0 Å². The second kappa shape index (κ2) is 14.8. The van der Waals surface area contributed by atoms with Crippen LogP contribution in [0.1, 0.15) is 90.9 Å². The third-order valence-electron chi connectivity index (χ3n) is 3.57. The van der Waals surface area contributed by atoms with Crippen LogP contribution < -0.4 is 0 Å². The van der Waals surface area contributed by atoms with Gasteiger partial charge in [0.15, 0.2) is 0 Å². The molecule has 0 aliphatic heterocycles. The summed E-state index contributed by atoms with van der Waals surface area (Å²) in [5.41, 5.74) is 0. The number of aliphatic hydroxyl groups is 1. The van der Waals surface area contributed by atoms with E-state index in [0.717, 1.165) is 12.8 Å². The highest BCUT2D eigenvalue weighted by atomic mass is 16.5. The minimum atomic E-state index is -0.366. The predicted molar refractivity (Wildman–Crippen MR) is 83.7 cm³/mol. The van der Waals surface area contributed by atoms with Crippen LogP contribution in [-0.2, 0) is 9.53 Å². The highest BCUT2D eigenvalue weighted by Crippen LogP contribution is 2.12. The summed E-state index contributed by atoms with van der Waals surface area (Å²) in [6.07, 6.45) is 14.2. The van der Waals surface area contributed by atoms with Crippen LogP contribution in [-0.4, -0.2) is 23.8 Å². The van der Waals surface area contributed by atoms with Crippen LogP contribution in [0.2, 0.25) is 0 Å². The molecule has 0 aliphatic rings. The van der Waals surface area contributed by atoms with Crippen molar-refractivity contribution in [1.29, 1.82) is 0 Å². The molecule has 1 atom stereocenters. The highest BCUT2D eigenvalue weighted by Gasteiger charge is 2.07. The maximum Gasteiger partial charge on any atom is 0.306 e. The minimum Gasteiger partial charge on any atom is -0.460 e. The molecule has 0 spiro atoms. The molecule has 0 unspecified atom stereocenters. The van der Waals surface area contributed by atoms with Crippen molar-refractivity contribution >= 4 is 5.97 Å². The maximum atomic E-state index is 11.3. The number of hydrogen-bond acceptors (Lipinski definition) is 3. The highest BCUT2D eigenvalue weighted by molar-refractivity contribution is 5.69. The van der Waals surface area contributed by atoms with E-state index in [0.29, 0.717) is 6.42 Å². The third-order valence-corrected chi connectivity index (χ3v) is 3.57. The lowest BCUT2D eigenvalue weighted by Crippen LogP contribution is -2.18. The van der Waals surface area contributed by atoms with Crippen LogP contribution in [0.5, 0.6) is 0 Å². The molecule has 120 valence electrons. The summed E-state index contributed by atoms with van der Waals surface area (Å²) in [7, 11) is 0. The second-order valence-corrected chi connectivity index (χ2v) is 5.77. The van der Waals surface area contributed by atoms with Crippen LogP contribution in [0.25, 0.3) is 0 Å². The predicted octanol–water partition coefficient (Wildman–Crippen LogP) is 4.61. The topological polar surface area (TPSA) is 46.5 Å². The Hall–Kier alpha value is -0.570. The zero-order chi connectivity index (χ0) is 15.1. The Bertz CT molecular complexity index is 216. The van der Waals surface area contributed by atoms with Crippen molar-refractivity contribution in [3.05, 3.63) is 0 Å². The zero-order valence-electron chi connectivity index (χ0n) is 13.5. The van der Waals surface area contributed by atoms with Gasteiger partial charge in [0.1, 0.15) is 6.10 Å². The molecule has 0 saturated heterocycles. The molecule has 0 aliphatic carbocycles. The average Bonchev–Trinajstić information content (AvgIpc) is 2.44. The number of hydrogen-bond donors (Lipinski definition) is 1. The number of unbranched alkanes of at least 4 members (excludes halogenated alkanes) is 10. The Morgan fingerprint density at radius 1 is 0.900 bits per heavy atom. The van der Waals surface area contributed by atoms with Gasteiger partial charge in [0, 0.05) is 6.42 Å². The summed E-state index contributed by atoms with van der Waals surface area (Å²) in [6, 6.07) is 0. The number of aliphatic hydroxyl groups excluding tert-OH is 1. The molecule has 0 rings (SSSR count). The smallest absolute Gasteiger partial charge is 0.306 e. The molecule has 3 heteroatoms. The number of ether oxygens (including phenoxy) is 1. The van der Waals surface area contributed by atoms with Gasteiger partial charge in [-0.2, -0.15) is 0 Å². The Kier molecular flexibility index (Phi) is 14.4. The lowest BCUT2D eigenvalue weighted by atomic mass is 10.1. The van der Waals surface area contributed by atoms with Crippen LogP contribution in [0.3, 0.4) is 0 Å². The summed E-state index contributed by atoms with van der Waals surface area (Å²) in [6.45, 7) is 3.86.